The van der Waals surface area contributed by atoms with Crippen molar-refractivity contribution in [1.82, 2.24) is 0 Å². The summed E-state index contributed by atoms with van der Waals surface area (Å²) in [6, 6.07) is 11.6. The molecule has 106 valence electrons. The van der Waals surface area contributed by atoms with Gasteiger partial charge in [-0.3, -0.25) is 4.31 Å². The van der Waals surface area contributed by atoms with Gasteiger partial charge >= 0.3 is 0 Å². The monoisotopic (exact) mass is 310 g/mol. The second kappa shape index (κ2) is 5.34. The molecule has 20 heavy (non-hydrogen) atoms. The Kier molecular flexibility index (Phi) is 3.92. The molecule has 0 aliphatic heterocycles. The number of halogens is 1. The van der Waals surface area contributed by atoms with E-state index >= 15 is 0 Å². The van der Waals surface area contributed by atoms with Gasteiger partial charge < -0.3 is 5.73 Å². The van der Waals surface area contributed by atoms with Crippen LogP contribution in [0.25, 0.3) is 0 Å². The first-order valence-electron chi connectivity index (χ1n) is 5.93. The molecule has 2 N–H and O–H groups in total. The summed E-state index contributed by atoms with van der Waals surface area (Å²) in [7, 11) is -2.14. The number of hydrogen-bond acceptors (Lipinski definition) is 3. The van der Waals surface area contributed by atoms with Crippen molar-refractivity contribution < 1.29 is 8.42 Å². The third-order valence-electron chi connectivity index (χ3n) is 2.99. The Balaban J connectivity index is 2.46. The maximum absolute atomic E-state index is 12.5. The lowest BCUT2D eigenvalue weighted by Crippen LogP contribution is -2.26. The number of aryl methyl sites for hydroxylation is 1. The summed E-state index contributed by atoms with van der Waals surface area (Å²) in [5.74, 6) is 0. The topological polar surface area (TPSA) is 63.4 Å². The van der Waals surface area contributed by atoms with Crippen LogP contribution in [0.15, 0.2) is 47.4 Å². The molecule has 0 aromatic heterocycles. The van der Waals surface area contributed by atoms with Crippen LogP contribution >= 0.6 is 11.6 Å². The molecule has 0 atom stereocenters. The Labute approximate surface area is 123 Å². The number of benzene rings is 2. The summed E-state index contributed by atoms with van der Waals surface area (Å²) in [6.45, 7) is 1.91. The standard InChI is InChI=1S/C14H15ClN2O2S/c1-10-4-3-5-11(8-10)17(2)20(18,19)12-6-7-13(15)14(16)9-12/h3-9H,16H2,1-2H3. The third kappa shape index (κ3) is 2.73. The van der Waals surface area contributed by atoms with Crippen molar-refractivity contribution >= 4 is 33.0 Å². The molecule has 0 heterocycles. The van der Waals surface area contributed by atoms with E-state index < -0.39 is 10.0 Å². The Morgan fingerprint density at radius 2 is 1.85 bits per heavy atom. The van der Waals surface area contributed by atoms with Gasteiger partial charge in [0.25, 0.3) is 10.0 Å². The number of rotatable bonds is 3. The summed E-state index contributed by atoms with van der Waals surface area (Å²) in [5.41, 5.74) is 7.49. The van der Waals surface area contributed by atoms with Crippen LogP contribution in [0.2, 0.25) is 5.02 Å². The van der Waals surface area contributed by atoms with Crippen LogP contribution < -0.4 is 10.0 Å². The van der Waals surface area contributed by atoms with Gasteiger partial charge in [0.2, 0.25) is 0 Å². The van der Waals surface area contributed by atoms with E-state index in [-0.39, 0.29) is 10.6 Å². The largest absolute Gasteiger partial charge is 0.397 e. The lowest BCUT2D eigenvalue weighted by Gasteiger charge is -2.20. The van der Waals surface area contributed by atoms with Gasteiger partial charge in [0.1, 0.15) is 0 Å². The molecule has 0 saturated carbocycles. The average Bonchev–Trinajstić information content (AvgIpc) is 2.40. The van der Waals surface area contributed by atoms with Gasteiger partial charge in [0, 0.05) is 7.05 Å². The summed E-state index contributed by atoms with van der Waals surface area (Å²) >= 11 is 5.81. The predicted molar refractivity (Wildman–Crippen MR) is 82.6 cm³/mol. The van der Waals surface area contributed by atoms with Gasteiger partial charge in [0.05, 0.1) is 21.3 Å². The fraction of sp³-hybridized carbons (Fsp3) is 0.143. The highest BCUT2D eigenvalue weighted by atomic mass is 35.5. The molecule has 2 aromatic rings. The molecular weight excluding hydrogens is 296 g/mol. The SMILES string of the molecule is Cc1cccc(N(C)S(=O)(=O)c2ccc(Cl)c(N)c2)c1. The molecule has 0 fully saturated rings. The number of sulfonamides is 1. The second-order valence-corrected chi connectivity index (χ2v) is 6.87. The van der Waals surface area contributed by atoms with Crippen LogP contribution in [0.5, 0.6) is 0 Å². The Bertz CT molecular complexity index is 745. The zero-order valence-corrected chi connectivity index (χ0v) is 12.7. The van der Waals surface area contributed by atoms with Crippen molar-refractivity contribution in [2.75, 3.05) is 17.1 Å². The van der Waals surface area contributed by atoms with Gasteiger partial charge in [-0.05, 0) is 42.8 Å². The highest BCUT2D eigenvalue weighted by Crippen LogP contribution is 2.27. The van der Waals surface area contributed by atoms with Crippen molar-refractivity contribution in [3.63, 3.8) is 0 Å². The number of nitrogens with two attached hydrogens (primary N) is 1. The van der Waals surface area contributed by atoms with Crippen LogP contribution in [0.3, 0.4) is 0 Å². The minimum atomic E-state index is -3.65. The van der Waals surface area contributed by atoms with Crippen LogP contribution in [0.4, 0.5) is 11.4 Å². The first-order valence-corrected chi connectivity index (χ1v) is 7.75. The maximum atomic E-state index is 12.5. The average molecular weight is 311 g/mol. The first kappa shape index (κ1) is 14.7. The van der Waals surface area contributed by atoms with E-state index in [1.54, 1.807) is 12.1 Å². The highest BCUT2D eigenvalue weighted by molar-refractivity contribution is 7.92. The second-order valence-electron chi connectivity index (χ2n) is 4.49. The van der Waals surface area contributed by atoms with Crippen LogP contribution in [-0.4, -0.2) is 15.5 Å². The smallest absolute Gasteiger partial charge is 0.264 e. The fourth-order valence-electron chi connectivity index (χ4n) is 1.80. The molecule has 0 unspecified atom stereocenters. The van der Waals surface area contributed by atoms with Crippen molar-refractivity contribution in [2.45, 2.75) is 11.8 Å². The predicted octanol–water partition coefficient (Wildman–Crippen LogP) is 3.06. The number of nitrogens with zero attached hydrogens (tertiary/aromatic N) is 1. The van der Waals surface area contributed by atoms with Crippen molar-refractivity contribution in [1.29, 1.82) is 0 Å². The van der Waals surface area contributed by atoms with Crippen molar-refractivity contribution in [3.05, 3.63) is 53.1 Å². The molecule has 4 nitrogen and oxygen atoms in total. The van der Waals surface area contributed by atoms with Gasteiger partial charge in [-0.2, -0.15) is 0 Å². The molecule has 6 heteroatoms. The van der Waals surface area contributed by atoms with E-state index in [0.717, 1.165) is 5.56 Å². The summed E-state index contributed by atoms with van der Waals surface area (Å²) in [5, 5.41) is 0.335. The van der Waals surface area contributed by atoms with Crippen LogP contribution in [0, 0.1) is 6.92 Å². The highest BCUT2D eigenvalue weighted by Gasteiger charge is 2.21. The fourth-order valence-corrected chi connectivity index (χ4v) is 3.14. The van der Waals surface area contributed by atoms with Crippen LogP contribution in [-0.2, 0) is 10.0 Å². The molecule has 0 aliphatic rings. The van der Waals surface area contributed by atoms with Crippen LogP contribution in [0.1, 0.15) is 5.56 Å². The molecule has 0 saturated heterocycles. The molecular formula is C14H15ClN2O2S. The zero-order chi connectivity index (χ0) is 14.9. The van der Waals surface area contributed by atoms with E-state index in [0.29, 0.717) is 10.7 Å². The number of nitrogen functional groups attached to an aromatic ring is 1. The van der Waals surface area contributed by atoms with Gasteiger partial charge in [-0.1, -0.05) is 23.7 Å². The Morgan fingerprint density at radius 3 is 2.45 bits per heavy atom. The minimum Gasteiger partial charge on any atom is -0.397 e. The number of anilines is 2. The van der Waals surface area contributed by atoms with Gasteiger partial charge in [0.15, 0.2) is 0 Å². The number of hydrogen-bond donors (Lipinski definition) is 1. The minimum absolute atomic E-state index is 0.114. The summed E-state index contributed by atoms with van der Waals surface area (Å²) in [6.07, 6.45) is 0. The van der Waals surface area contributed by atoms with E-state index in [9.17, 15) is 8.42 Å². The molecule has 0 radical (unpaired) electrons. The van der Waals surface area contributed by atoms with Crippen molar-refractivity contribution in [3.8, 4) is 0 Å². The molecule has 0 spiro atoms. The summed E-state index contributed by atoms with van der Waals surface area (Å²) in [4.78, 5) is 0.114. The van der Waals surface area contributed by atoms with E-state index in [4.69, 9.17) is 17.3 Å². The van der Waals surface area contributed by atoms with Gasteiger partial charge in [-0.15, -0.1) is 0 Å². The molecule has 0 bridgehead atoms. The first-order chi connectivity index (χ1) is 9.32. The van der Waals surface area contributed by atoms with E-state index in [1.165, 1.54) is 29.6 Å². The quantitative estimate of drug-likeness (QED) is 0.886. The lowest BCUT2D eigenvalue weighted by atomic mass is 10.2. The Hall–Kier alpha value is -1.72. The van der Waals surface area contributed by atoms with E-state index in [2.05, 4.69) is 0 Å². The third-order valence-corrected chi connectivity index (χ3v) is 5.12. The maximum Gasteiger partial charge on any atom is 0.264 e. The van der Waals surface area contributed by atoms with Crippen molar-refractivity contribution in [2.24, 2.45) is 0 Å². The zero-order valence-electron chi connectivity index (χ0n) is 11.2. The molecule has 2 rings (SSSR count). The van der Waals surface area contributed by atoms with Gasteiger partial charge in [-0.25, -0.2) is 8.42 Å². The van der Waals surface area contributed by atoms with E-state index in [1.807, 2.05) is 19.1 Å². The molecule has 0 aliphatic carbocycles. The normalized spacial score (nSPS) is 11.3. The molecule has 2 aromatic carbocycles. The Morgan fingerprint density at radius 1 is 1.15 bits per heavy atom. The molecule has 0 amide bonds. The summed E-state index contributed by atoms with van der Waals surface area (Å²) < 4.78 is 26.3. The lowest BCUT2D eigenvalue weighted by molar-refractivity contribution is 0.594.